The molecular formula is C24H26N2O3. The molecule has 1 atom stereocenters. The summed E-state index contributed by atoms with van der Waals surface area (Å²) in [4.78, 5) is 23.8. The van der Waals surface area contributed by atoms with E-state index in [2.05, 4.69) is 17.4 Å². The maximum atomic E-state index is 12.3. The summed E-state index contributed by atoms with van der Waals surface area (Å²) in [5, 5.41) is 5.29. The lowest BCUT2D eigenvalue weighted by Gasteiger charge is -2.18. The van der Waals surface area contributed by atoms with E-state index < -0.39 is 0 Å². The molecule has 1 unspecified atom stereocenters. The van der Waals surface area contributed by atoms with Gasteiger partial charge in [-0.2, -0.15) is 0 Å². The van der Waals surface area contributed by atoms with Crippen molar-refractivity contribution in [3.05, 3.63) is 77.9 Å². The number of nitrogens with one attached hydrogen (secondary N) is 1. The van der Waals surface area contributed by atoms with Gasteiger partial charge in [0, 0.05) is 18.5 Å². The van der Waals surface area contributed by atoms with Gasteiger partial charge in [-0.15, -0.1) is 0 Å². The zero-order valence-electron chi connectivity index (χ0n) is 16.6. The van der Waals surface area contributed by atoms with Crippen LogP contribution in [0.5, 0.6) is 5.75 Å². The van der Waals surface area contributed by atoms with Crippen LogP contribution in [0.1, 0.15) is 41.7 Å². The Labute approximate surface area is 170 Å². The van der Waals surface area contributed by atoms with Crippen molar-refractivity contribution in [2.75, 3.05) is 13.2 Å². The zero-order valence-corrected chi connectivity index (χ0v) is 16.6. The summed E-state index contributed by atoms with van der Waals surface area (Å²) in [6.45, 7) is 2.25. The molecule has 0 spiro atoms. The second-order valence-corrected chi connectivity index (χ2v) is 7.00. The number of carbonyl (C=O) groups is 2. The molecule has 0 saturated heterocycles. The lowest BCUT2D eigenvalue weighted by molar-refractivity contribution is -0.122. The fourth-order valence-electron chi connectivity index (χ4n) is 3.20. The largest absolute Gasteiger partial charge is 0.494 e. The molecule has 0 saturated carbocycles. The predicted octanol–water partition coefficient (Wildman–Crippen LogP) is 4.02. The van der Waals surface area contributed by atoms with Crippen LogP contribution < -0.4 is 15.8 Å². The number of carbonyl (C=O) groups excluding carboxylic acids is 2. The van der Waals surface area contributed by atoms with E-state index in [4.69, 9.17) is 10.5 Å². The minimum atomic E-state index is -0.222. The molecule has 1 amide bonds. The van der Waals surface area contributed by atoms with Gasteiger partial charge < -0.3 is 15.8 Å². The highest BCUT2D eigenvalue weighted by Crippen LogP contribution is 2.20. The van der Waals surface area contributed by atoms with Crippen LogP contribution in [0, 0.1) is 0 Å². The van der Waals surface area contributed by atoms with E-state index in [1.165, 1.54) is 6.92 Å². The molecule has 0 heterocycles. The summed E-state index contributed by atoms with van der Waals surface area (Å²) < 4.78 is 5.65. The van der Waals surface area contributed by atoms with Crippen LogP contribution >= 0.6 is 0 Å². The van der Waals surface area contributed by atoms with Crippen LogP contribution in [0.25, 0.3) is 10.8 Å². The molecule has 0 radical (unpaired) electrons. The third-order valence-electron chi connectivity index (χ3n) is 4.80. The van der Waals surface area contributed by atoms with E-state index in [0.717, 1.165) is 16.3 Å². The van der Waals surface area contributed by atoms with Gasteiger partial charge in [-0.25, -0.2) is 0 Å². The lowest BCUT2D eigenvalue weighted by atomic mass is 10.0. The highest BCUT2D eigenvalue weighted by atomic mass is 16.5. The Bertz CT molecular complexity index is 1000. The van der Waals surface area contributed by atoms with Gasteiger partial charge in [-0.3, -0.25) is 9.59 Å². The number of fused-ring (bicyclic) bond motifs is 1. The fraction of sp³-hybridized carbons (Fsp3) is 0.250. The van der Waals surface area contributed by atoms with E-state index in [1.807, 2.05) is 30.3 Å². The fourth-order valence-corrected chi connectivity index (χ4v) is 3.20. The Morgan fingerprint density at radius 2 is 1.79 bits per heavy atom. The number of hydrogen-bond donors (Lipinski definition) is 2. The molecular weight excluding hydrogens is 364 g/mol. The van der Waals surface area contributed by atoms with Gasteiger partial charge in [-0.05, 0) is 47.9 Å². The first-order valence-corrected chi connectivity index (χ1v) is 9.79. The Balaban J connectivity index is 1.49. The Morgan fingerprint density at radius 3 is 2.55 bits per heavy atom. The molecule has 3 aromatic rings. The highest BCUT2D eigenvalue weighted by molar-refractivity contribution is 5.94. The second kappa shape index (κ2) is 9.85. The van der Waals surface area contributed by atoms with E-state index in [-0.39, 0.29) is 17.7 Å². The van der Waals surface area contributed by atoms with E-state index >= 15 is 0 Å². The standard InChI is InChI=1S/C24H26N2O3/c1-17(27)19-8-4-9-22(15-19)29-13-5-10-24(28)26-23(16-25)21-12-11-18-6-2-3-7-20(18)14-21/h2-4,6-9,11-12,14-15,23H,5,10,13,16,25H2,1H3,(H,26,28). The summed E-state index contributed by atoms with van der Waals surface area (Å²) in [6, 6.07) is 21.1. The van der Waals surface area contributed by atoms with Crippen molar-refractivity contribution in [3.8, 4) is 5.75 Å². The molecule has 3 rings (SSSR count). The molecule has 0 aliphatic rings. The van der Waals surface area contributed by atoms with Gasteiger partial charge in [0.05, 0.1) is 12.6 Å². The maximum absolute atomic E-state index is 12.3. The van der Waals surface area contributed by atoms with Crippen LogP contribution in [0.3, 0.4) is 0 Å². The van der Waals surface area contributed by atoms with E-state index in [9.17, 15) is 9.59 Å². The van der Waals surface area contributed by atoms with Gasteiger partial charge >= 0.3 is 0 Å². The first-order valence-electron chi connectivity index (χ1n) is 9.79. The number of Topliss-reactive ketones (excluding diaryl/α,β-unsaturated/α-hetero) is 1. The second-order valence-electron chi connectivity index (χ2n) is 7.00. The molecule has 5 heteroatoms. The number of rotatable bonds is 9. The number of amides is 1. The summed E-state index contributed by atoms with van der Waals surface area (Å²) >= 11 is 0. The molecule has 0 fully saturated rings. The lowest BCUT2D eigenvalue weighted by Crippen LogP contribution is -2.33. The average Bonchev–Trinajstić information content (AvgIpc) is 2.75. The van der Waals surface area contributed by atoms with Crippen molar-refractivity contribution in [1.29, 1.82) is 0 Å². The number of hydrogen-bond acceptors (Lipinski definition) is 4. The van der Waals surface area contributed by atoms with Crippen molar-refractivity contribution in [2.45, 2.75) is 25.8 Å². The van der Waals surface area contributed by atoms with Crippen molar-refractivity contribution in [1.82, 2.24) is 5.32 Å². The summed E-state index contributed by atoms with van der Waals surface area (Å²) in [5.41, 5.74) is 7.51. The molecule has 3 N–H and O–H groups in total. The predicted molar refractivity (Wildman–Crippen MR) is 115 cm³/mol. The van der Waals surface area contributed by atoms with Crippen LogP contribution in [-0.2, 0) is 4.79 Å². The third kappa shape index (κ3) is 5.65. The van der Waals surface area contributed by atoms with Crippen molar-refractivity contribution in [2.24, 2.45) is 5.73 Å². The Kier molecular flexibility index (Phi) is 6.98. The van der Waals surface area contributed by atoms with Gasteiger partial charge in [0.1, 0.15) is 5.75 Å². The molecule has 3 aromatic carbocycles. The topological polar surface area (TPSA) is 81.4 Å². The maximum Gasteiger partial charge on any atom is 0.220 e. The summed E-state index contributed by atoms with van der Waals surface area (Å²) in [5.74, 6) is 0.570. The number of benzene rings is 3. The minimum absolute atomic E-state index is 0.00338. The van der Waals surface area contributed by atoms with Crippen molar-refractivity contribution < 1.29 is 14.3 Å². The van der Waals surface area contributed by atoms with Gasteiger partial charge in [0.2, 0.25) is 5.91 Å². The first-order chi connectivity index (χ1) is 14.1. The number of nitrogens with two attached hydrogens (primary N) is 1. The average molecular weight is 390 g/mol. The molecule has 5 nitrogen and oxygen atoms in total. The molecule has 0 bridgehead atoms. The minimum Gasteiger partial charge on any atom is -0.494 e. The smallest absolute Gasteiger partial charge is 0.220 e. The third-order valence-corrected chi connectivity index (χ3v) is 4.80. The first kappa shape index (κ1) is 20.6. The quantitative estimate of drug-likeness (QED) is 0.427. The molecule has 0 aliphatic heterocycles. The van der Waals surface area contributed by atoms with Gasteiger partial charge in [0.15, 0.2) is 5.78 Å². The van der Waals surface area contributed by atoms with Crippen LogP contribution in [0.4, 0.5) is 0 Å². The van der Waals surface area contributed by atoms with Crippen molar-refractivity contribution >= 4 is 22.5 Å². The van der Waals surface area contributed by atoms with E-state index in [0.29, 0.717) is 37.3 Å². The Hall–Kier alpha value is -3.18. The number of ether oxygens (including phenoxy) is 1. The van der Waals surface area contributed by atoms with Crippen LogP contribution in [0.15, 0.2) is 66.7 Å². The molecule has 0 aromatic heterocycles. The Morgan fingerprint density at radius 1 is 1.00 bits per heavy atom. The normalized spacial score (nSPS) is 11.8. The zero-order chi connectivity index (χ0) is 20.6. The molecule has 0 aliphatic carbocycles. The van der Waals surface area contributed by atoms with Gasteiger partial charge in [0.25, 0.3) is 0 Å². The molecule has 150 valence electrons. The number of ketones is 1. The summed E-state index contributed by atoms with van der Waals surface area (Å²) in [6.07, 6.45) is 0.918. The van der Waals surface area contributed by atoms with Gasteiger partial charge in [-0.1, -0.05) is 48.5 Å². The summed E-state index contributed by atoms with van der Waals surface area (Å²) in [7, 11) is 0. The highest BCUT2D eigenvalue weighted by Gasteiger charge is 2.13. The van der Waals surface area contributed by atoms with Crippen molar-refractivity contribution in [3.63, 3.8) is 0 Å². The molecule has 29 heavy (non-hydrogen) atoms. The van der Waals surface area contributed by atoms with E-state index in [1.54, 1.807) is 24.3 Å². The van der Waals surface area contributed by atoms with Crippen LogP contribution in [0.2, 0.25) is 0 Å². The van der Waals surface area contributed by atoms with Crippen LogP contribution in [-0.4, -0.2) is 24.8 Å². The SMILES string of the molecule is CC(=O)c1cccc(OCCCC(=O)NC(CN)c2ccc3ccccc3c2)c1. The monoisotopic (exact) mass is 390 g/mol.